The Hall–Kier alpha value is -0.370. The van der Waals surface area contributed by atoms with Crippen LogP contribution in [0.15, 0.2) is 18.2 Å². The average Bonchev–Trinajstić information content (AvgIpc) is 1.77. The zero-order valence-corrected chi connectivity index (χ0v) is 5.20. The normalized spacial score (nSPS) is 41.4. The zero-order valence-electron chi connectivity index (χ0n) is 4.44. The van der Waals surface area contributed by atoms with Crippen molar-refractivity contribution in [1.82, 2.24) is 0 Å². The SMILES string of the molecule is FC1[C]=CC=CC1(F)Cl. The minimum atomic E-state index is -2.38. The molecule has 2 atom stereocenters. The van der Waals surface area contributed by atoms with E-state index in [9.17, 15) is 8.78 Å². The van der Waals surface area contributed by atoms with E-state index in [1.807, 2.05) is 0 Å². The molecule has 0 aliphatic heterocycles. The first-order chi connectivity index (χ1) is 4.13. The van der Waals surface area contributed by atoms with Gasteiger partial charge in [0.1, 0.15) is 0 Å². The first kappa shape index (κ1) is 6.75. The van der Waals surface area contributed by atoms with Gasteiger partial charge in [0.15, 0.2) is 6.17 Å². The molecule has 0 heterocycles. The number of allylic oxidation sites excluding steroid dienone is 4. The largest absolute Gasteiger partial charge is 0.237 e. The molecule has 0 nitrogen and oxygen atoms in total. The molecule has 0 N–H and O–H groups in total. The van der Waals surface area contributed by atoms with Crippen LogP contribution in [0.2, 0.25) is 0 Å². The van der Waals surface area contributed by atoms with Gasteiger partial charge in [-0.1, -0.05) is 23.8 Å². The molecule has 9 heavy (non-hydrogen) atoms. The van der Waals surface area contributed by atoms with E-state index in [4.69, 9.17) is 11.6 Å². The topological polar surface area (TPSA) is 0 Å². The van der Waals surface area contributed by atoms with Gasteiger partial charge in [-0.3, -0.25) is 0 Å². The van der Waals surface area contributed by atoms with E-state index in [-0.39, 0.29) is 0 Å². The summed E-state index contributed by atoms with van der Waals surface area (Å²) < 4.78 is 24.7. The van der Waals surface area contributed by atoms with Crippen molar-refractivity contribution < 1.29 is 8.78 Å². The lowest BCUT2D eigenvalue weighted by Crippen LogP contribution is -2.25. The molecule has 1 rings (SSSR count). The lowest BCUT2D eigenvalue weighted by molar-refractivity contribution is 0.201. The lowest BCUT2D eigenvalue weighted by atomic mass is 10.1. The second-order valence-electron chi connectivity index (χ2n) is 1.73. The van der Waals surface area contributed by atoms with E-state index in [0.29, 0.717) is 0 Å². The third kappa shape index (κ3) is 1.30. The van der Waals surface area contributed by atoms with Gasteiger partial charge in [-0.2, -0.15) is 0 Å². The maximum atomic E-state index is 12.5. The predicted octanol–water partition coefficient (Wildman–Crippen LogP) is 2.16. The van der Waals surface area contributed by atoms with Gasteiger partial charge in [-0.15, -0.1) is 0 Å². The summed E-state index contributed by atoms with van der Waals surface area (Å²) >= 11 is 5.01. The summed E-state index contributed by atoms with van der Waals surface area (Å²) in [6.07, 6.45) is 3.82. The minimum Gasteiger partial charge on any atom is -0.237 e. The fraction of sp³-hybridized carbons (Fsp3) is 0.333. The molecule has 0 fully saturated rings. The fourth-order valence-corrected chi connectivity index (χ4v) is 0.648. The Labute approximate surface area is 56.8 Å². The molecule has 1 aliphatic rings. The van der Waals surface area contributed by atoms with Gasteiger partial charge in [-0.05, 0) is 12.2 Å². The second-order valence-corrected chi connectivity index (χ2v) is 2.31. The smallest absolute Gasteiger partial charge is 0.237 e. The fourth-order valence-electron chi connectivity index (χ4n) is 0.512. The molecule has 0 bridgehead atoms. The predicted molar refractivity (Wildman–Crippen MR) is 31.5 cm³/mol. The first-order valence-electron chi connectivity index (χ1n) is 2.42. The van der Waals surface area contributed by atoms with Crippen molar-refractivity contribution >= 4 is 11.6 Å². The van der Waals surface area contributed by atoms with Crippen molar-refractivity contribution in [2.75, 3.05) is 0 Å². The van der Waals surface area contributed by atoms with Crippen molar-refractivity contribution in [3.8, 4) is 0 Å². The maximum Gasteiger partial charge on any atom is 0.237 e. The molecule has 3 heteroatoms. The van der Waals surface area contributed by atoms with E-state index in [0.717, 1.165) is 6.08 Å². The molecule has 0 saturated heterocycles. The Morgan fingerprint density at radius 1 is 1.67 bits per heavy atom. The number of hydrogen-bond donors (Lipinski definition) is 0. The average molecular weight is 150 g/mol. The molecule has 49 valence electrons. The summed E-state index contributed by atoms with van der Waals surface area (Å²) in [7, 11) is 0. The standard InChI is InChI=1S/C6H4ClF2/c7-6(9)4-2-1-3-5(6)8/h1-2,4-5H. The zero-order chi connectivity index (χ0) is 6.91. The number of hydrogen-bond acceptors (Lipinski definition) is 0. The van der Waals surface area contributed by atoms with Crippen LogP contribution in [0, 0.1) is 6.08 Å². The quantitative estimate of drug-likeness (QED) is 0.463. The van der Waals surface area contributed by atoms with Gasteiger partial charge in [0, 0.05) is 0 Å². The van der Waals surface area contributed by atoms with Crippen LogP contribution in [0.3, 0.4) is 0 Å². The summed E-state index contributed by atoms with van der Waals surface area (Å²) in [5, 5.41) is -2.38. The number of rotatable bonds is 0. The molecule has 1 radical (unpaired) electrons. The Morgan fingerprint density at radius 2 is 2.33 bits per heavy atom. The molecular weight excluding hydrogens is 146 g/mol. The van der Waals surface area contributed by atoms with Crippen molar-refractivity contribution in [2.45, 2.75) is 11.3 Å². The summed E-state index contributed by atoms with van der Waals surface area (Å²) in [6, 6.07) is 0. The van der Waals surface area contributed by atoms with Crippen LogP contribution in [0.5, 0.6) is 0 Å². The van der Waals surface area contributed by atoms with Crippen LogP contribution in [-0.4, -0.2) is 11.3 Å². The molecule has 1 aliphatic carbocycles. The Balaban J connectivity index is 2.78. The first-order valence-corrected chi connectivity index (χ1v) is 2.80. The van der Waals surface area contributed by atoms with Crippen molar-refractivity contribution in [1.29, 1.82) is 0 Å². The highest BCUT2D eigenvalue weighted by Gasteiger charge is 2.34. The van der Waals surface area contributed by atoms with E-state index < -0.39 is 11.3 Å². The lowest BCUT2D eigenvalue weighted by Gasteiger charge is -2.16. The molecule has 0 aromatic heterocycles. The Morgan fingerprint density at radius 3 is 2.67 bits per heavy atom. The summed E-state index contributed by atoms with van der Waals surface area (Å²) in [4.78, 5) is 0. The van der Waals surface area contributed by atoms with Crippen LogP contribution >= 0.6 is 11.6 Å². The summed E-state index contributed by atoms with van der Waals surface area (Å²) in [5.74, 6) is 0. The number of halogens is 3. The second kappa shape index (κ2) is 2.10. The highest BCUT2D eigenvalue weighted by Crippen LogP contribution is 2.28. The monoisotopic (exact) mass is 149 g/mol. The third-order valence-electron chi connectivity index (χ3n) is 0.995. The highest BCUT2D eigenvalue weighted by atomic mass is 35.5. The van der Waals surface area contributed by atoms with E-state index in [1.165, 1.54) is 12.2 Å². The molecule has 0 spiro atoms. The van der Waals surface area contributed by atoms with Crippen molar-refractivity contribution in [3.63, 3.8) is 0 Å². The van der Waals surface area contributed by atoms with E-state index in [2.05, 4.69) is 6.08 Å². The van der Waals surface area contributed by atoms with Gasteiger partial charge in [0.05, 0.1) is 0 Å². The highest BCUT2D eigenvalue weighted by molar-refractivity contribution is 6.24. The molecule has 0 aromatic rings. The van der Waals surface area contributed by atoms with Gasteiger partial charge >= 0.3 is 0 Å². The van der Waals surface area contributed by atoms with Crippen LogP contribution in [0.1, 0.15) is 0 Å². The molecule has 0 saturated carbocycles. The van der Waals surface area contributed by atoms with Gasteiger partial charge < -0.3 is 0 Å². The van der Waals surface area contributed by atoms with E-state index in [1.54, 1.807) is 0 Å². The maximum absolute atomic E-state index is 12.5. The minimum absolute atomic E-state index is 0.954. The van der Waals surface area contributed by atoms with Crippen LogP contribution < -0.4 is 0 Å². The third-order valence-corrected chi connectivity index (χ3v) is 1.31. The van der Waals surface area contributed by atoms with Gasteiger partial charge in [0.25, 0.3) is 0 Å². The van der Waals surface area contributed by atoms with Gasteiger partial charge in [0.2, 0.25) is 5.13 Å². The summed E-state index contributed by atoms with van der Waals surface area (Å²) in [6.45, 7) is 0. The van der Waals surface area contributed by atoms with Crippen LogP contribution in [-0.2, 0) is 0 Å². The molecule has 0 aromatic carbocycles. The van der Waals surface area contributed by atoms with Crippen LogP contribution in [0.4, 0.5) is 8.78 Å². The molecular formula is C6H4ClF2. The Bertz CT molecular complexity index is 160. The van der Waals surface area contributed by atoms with E-state index >= 15 is 0 Å². The number of alkyl halides is 3. The summed E-state index contributed by atoms with van der Waals surface area (Å²) in [5.41, 5.74) is 0. The van der Waals surface area contributed by atoms with Crippen molar-refractivity contribution in [2.24, 2.45) is 0 Å². The molecule has 2 unspecified atom stereocenters. The van der Waals surface area contributed by atoms with Crippen molar-refractivity contribution in [3.05, 3.63) is 24.3 Å². The Kier molecular flexibility index (Phi) is 1.58. The van der Waals surface area contributed by atoms with Crippen LogP contribution in [0.25, 0.3) is 0 Å². The molecule has 0 amide bonds. The van der Waals surface area contributed by atoms with Gasteiger partial charge in [-0.25, -0.2) is 8.78 Å².